The molecule has 92 valence electrons. The summed E-state index contributed by atoms with van der Waals surface area (Å²) in [6, 6.07) is 4.20. The van der Waals surface area contributed by atoms with Crippen LogP contribution in [-0.2, 0) is 4.79 Å². The molecule has 1 amide bonds. The first-order chi connectivity index (χ1) is 7.91. The van der Waals surface area contributed by atoms with Gasteiger partial charge in [0.05, 0.1) is 5.71 Å². The van der Waals surface area contributed by atoms with E-state index in [0.717, 1.165) is 0 Å². The molecule has 17 heavy (non-hydrogen) atoms. The first kappa shape index (κ1) is 13.0. The number of hydrogen-bond acceptors (Lipinski definition) is 4. The molecule has 0 unspecified atom stereocenters. The van der Waals surface area contributed by atoms with Gasteiger partial charge in [0.1, 0.15) is 11.5 Å². The Hall–Kier alpha value is -2.04. The van der Waals surface area contributed by atoms with Crippen molar-refractivity contribution >= 4 is 11.6 Å². The standard InChI is InChI=1S/C12H16N2O3/c1-7(2)12(17)14-13-8(3)10-5-4-9(15)6-11(10)16/h4-7,15-16H,1-3H3,(H,14,17)/b13-8-. The van der Waals surface area contributed by atoms with Crippen LogP contribution < -0.4 is 5.43 Å². The van der Waals surface area contributed by atoms with E-state index in [2.05, 4.69) is 10.5 Å². The topological polar surface area (TPSA) is 81.9 Å². The molecule has 1 aromatic rings. The Balaban J connectivity index is 2.85. The largest absolute Gasteiger partial charge is 0.508 e. The van der Waals surface area contributed by atoms with Crippen molar-refractivity contribution in [3.63, 3.8) is 0 Å². The van der Waals surface area contributed by atoms with E-state index in [1.807, 2.05) is 0 Å². The number of hydrogen-bond donors (Lipinski definition) is 3. The molecule has 5 nitrogen and oxygen atoms in total. The Bertz CT molecular complexity index is 453. The van der Waals surface area contributed by atoms with Crippen LogP contribution >= 0.6 is 0 Å². The maximum Gasteiger partial charge on any atom is 0.242 e. The third kappa shape index (κ3) is 3.48. The van der Waals surface area contributed by atoms with Gasteiger partial charge in [-0.15, -0.1) is 0 Å². The molecule has 0 aromatic heterocycles. The van der Waals surface area contributed by atoms with Crippen LogP contribution in [0.1, 0.15) is 26.3 Å². The maximum atomic E-state index is 11.3. The van der Waals surface area contributed by atoms with Crippen LogP contribution in [0.25, 0.3) is 0 Å². The number of phenolic OH excluding ortho intramolecular Hbond substituents is 2. The highest BCUT2D eigenvalue weighted by Gasteiger charge is 2.08. The number of hydrazone groups is 1. The van der Waals surface area contributed by atoms with Crippen LogP contribution in [0.2, 0.25) is 0 Å². The summed E-state index contributed by atoms with van der Waals surface area (Å²) < 4.78 is 0. The first-order valence-corrected chi connectivity index (χ1v) is 5.28. The minimum atomic E-state index is -0.192. The third-order valence-corrected chi connectivity index (χ3v) is 2.23. The van der Waals surface area contributed by atoms with Gasteiger partial charge in [-0.25, -0.2) is 5.43 Å². The van der Waals surface area contributed by atoms with E-state index in [-0.39, 0.29) is 23.3 Å². The first-order valence-electron chi connectivity index (χ1n) is 5.28. The van der Waals surface area contributed by atoms with Crippen LogP contribution in [0.3, 0.4) is 0 Å². The lowest BCUT2D eigenvalue weighted by molar-refractivity contribution is -0.123. The van der Waals surface area contributed by atoms with Crippen LogP contribution in [0, 0.1) is 5.92 Å². The highest BCUT2D eigenvalue weighted by molar-refractivity contribution is 6.01. The van der Waals surface area contributed by atoms with Crippen LogP contribution in [-0.4, -0.2) is 21.8 Å². The number of nitrogens with zero attached hydrogens (tertiary/aromatic N) is 1. The fraction of sp³-hybridized carbons (Fsp3) is 0.333. The Morgan fingerprint density at radius 2 is 2.00 bits per heavy atom. The molecule has 0 radical (unpaired) electrons. The molecular weight excluding hydrogens is 220 g/mol. The van der Waals surface area contributed by atoms with Crippen molar-refractivity contribution in [3.05, 3.63) is 23.8 Å². The van der Waals surface area contributed by atoms with Crippen molar-refractivity contribution in [1.29, 1.82) is 0 Å². The molecule has 0 saturated carbocycles. The molecule has 5 heteroatoms. The monoisotopic (exact) mass is 236 g/mol. The minimum Gasteiger partial charge on any atom is -0.508 e. The number of phenols is 2. The molecule has 0 aliphatic heterocycles. The molecule has 0 aliphatic rings. The molecule has 0 aliphatic carbocycles. The number of carbonyl (C=O) groups is 1. The summed E-state index contributed by atoms with van der Waals surface area (Å²) in [7, 11) is 0. The molecule has 0 atom stereocenters. The van der Waals surface area contributed by atoms with Gasteiger partial charge >= 0.3 is 0 Å². The molecule has 0 bridgehead atoms. The fourth-order valence-corrected chi connectivity index (χ4v) is 1.15. The second-order valence-corrected chi connectivity index (χ2v) is 4.03. The average molecular weight is 236 g/mol. The molecule has 0 heterocycles. The highest BCUT2D eigenvalue weighted by atomic mass is 16.3. The summed E-state index contributed by atoms with van der Waals surface area (Å²) in [6.07, 6.45) is 0. The summed E-state index contributed by atoms with van der Waals surface area (Å²) in [4.78, 5) is 11.3. The van der Waals surface area contributed by atoms with Crippen LogP contribution in [0.15, 0.2) is 23.3 Å². The second-order valence-electron chi connectivity index (χ2n) is 4.03. The van der Waals surface area contributed by atoms with E-state index in [1.165, 1.54) is 18.2 Å². The molecule has 0 saturated heterocycles. The number of rotatable bonds is 3. The van der Waals surface area contributed by atoms with E-state index in [1.54, 1.807) is 20.8 Å². The van der Waals surface area contributed by atoms with Crippen LogP contribution in [0.4, 0.5) is 0 Å². The van der Waals surface area contributed by atoms with Crippen molar-refractivity contribution in [1.82, 2.24) is 5.43 Å². The highest BCUT2D eigenvalue weighted by Crippen LogP contribution is 2.22. The lowest BCUT2D eigenvalue weighted by Gasteiger charge is -2.06. The fourth-order valence-electron chi connectivity index (χ4n) is 1.15. The molecule has 3 N–H and O–H groups in total. The van der Waals surface area contributed by atoms with Crippen LogP contribution in [0.5, 0.6) is 11.5 Å². The van der Waals surface area contributed by atoms with Gasteiger partial charge in [0.2, 0.25) is 5.91 Å². The lowest BCUT2D eigenvalue weighted by Crippen LogP contribution is -2.24. The van der Waals surface area contributed by atoms with E-state index < -0.39 is 0 Å². The van der Waals surface area contributed by atoms with Crippen molar-refractivity contribution < 1.29 is 15.0 Å². The van der Waals surface area contributed by atoms with E-state index in [0.29, 0.717) is 11.3 Å². The summed E-state index contributed by atoms with van der Waals surface area (Å²) in [5.74, 6) is -0.446. The molecule has 1 aromatic carbocycles. The number of carbonyl (C=O) groups excluding carboxylic acids is 1. The van der Waals surface area contributed by atoms with Crippen molar-refractivity contribution in [2.24, 2.45) is 11.0 Å². The predicted molar refractivity (Wildman–Crippen MR) is 65.0 cm³/mol. The second kappa shape index (κ2) is 5.34. The zero-order valence-electron chi connectivity index (χ0n) is 10.1. The van der Waals surface area contributed by atoms with Gasteiger partial charge in [-0.1, -0.05) is 13.8 Å². The summed E-state index contributed by atoms with van der Waals surface area (Å²) >= 11 is 0. The maximum absolute atomic E-state index is 11.3. The zero-order valence-corrected chi connectivity index (χ0v) is 10.1. The number of amides is 1. The van der Waals surface area contributed by atoms with Gasteiger partial charge in [-0.3, -0.25) is 4.79 Å². The smallest absolute Gasteiger partial charge is 0.242 e. The average Bonchev–Trinajstić information content (AvgIpc) is 2.25. The normalized spacial score (nSPS) is 11.6. The number of benzene rings is 1. The quantitative estimate of drug-likeness (QED) is 0.550. The van der Waals surface area contributed by atoms with Gasteiger partial charge in [-0.05, 0) is 19.1 Å². The third-order valence-electron chi connectivity index (χ3n) is 2.23. The van der Waals surface area contributed by atoms with Gasteiger partial charge in [-0.2, -0.15) is 5.10 Å². The lowest BCUT2D eigenvalue weighted by atomic mass is 10.1. The number of aromatic hydroxyl groups is 2. The van der Waals surface area contributed by atoms with Gasteiger partial charge < -0.3 is 10.2 Å². The van der Waals surface area contributed by atoms with E-state index >= 15 is 0 Å². The van der Waals surface area contributed by atoms with Crippen molar-refractivity contribution in [2.75, 3.05) is 0 Å². The SMILES string of the molecule is C/C(=N/NC(=O)C(C)C)c1ccc(O)cc1O. The Labute approximate surface area is 99.8 Å². The number of nitrogens with one attached hydrogen (secondary N) is 1. The van der Waals surface area contributed by atoms with E-state index in [4.69, 9.17) is 5.11 Å². The molecular formula is C12H16N2O3. The van der Waals surface area contributed by atoms with Crippen molar-refractivity contribution in [3.8, 4) is 11.5 Å². The van der Waals surface area contributed by atoms with Crippen molar-refractivity contribution in [2.45, 2.75) is 20.8 Å². The summed E-state index contributed by atoms with van der Waals surface area (Å²) in [6.45, 7) is 5.18. The van der Waals surface area contributed by atoms with Gasteiger partial charge in [0.15, 0.2) is 0 Å². The summed E-state index contributed by atoms with van der Waals surface area (Å²) in [5, 5.41) is 22.6. The zero-order chi connectivity index (χ0) is 13.0. The summed E-state index contributed by atoms with van der Waals surface area (Å²) in [5.41, 5.74) is 3.33. The Morgan fingerprint density at radius 3 is 2.53 bits per heavy atom. The Morgan fingerprint density at radius 1 is 1.35 bits per heavy atom. The minimum absolute atomic E-state index is 0.0229. The van der Waals surface area contributed by atoms with E-state index in [9.17, 15) is 9.90 Å². The van der Waals surface area contributed by atoms with Gasteiger partial charge in [0, 0.05) is 17.5 Å². The Kier molecular flexibility index (Phi) is 4.09. The predicted octanol–water partition coefficient (Wildman–Crippen LogP) is 1.59. The molecule has 1 rings (SSSR count). The van der Waals surface area contributed by atoms with Gasteiger partial charge in [0.25, 0.3) is 0 Å². The molecule has 0 fully saturated rings. The molecule has 0 spiro atoms.